The first-order valence-corrected chi connectivity index (χ1v) is 8.24. The molecule has 4 heteroatoms. The van der Waals surface area contributed by atoms with Crippen molar-refractivity contribution in [3.8, 4) is 5.75 Å². The number of nitrogens with zero attached hydrogens (tertiary/aromatic N) is 1. The van der Waals surface area contributed by atoms with Crippen LogP contribution in [0, 0.1) is 5.92 Å². The maximum Gasteiger partial charge on any atom is 0.137 e. The topological polar surface area (TPSA) is 24.5 Å². The van der Waals surface area contributed by atoms with E-state index in [4.69, 9.17) is 16.3 Å². The second-order valence-electron chi connectivity index (χ2n) is 6.44. The van der Waals surface area contributed by atoms with Crippen molar-refractivity contribution in [2.75, 3.05) is 21.2 Å². The Kier molecular flexibility index (Phi) is 4.43. The molecule has 2 saturated heterocycles. The van der Waals surface area contributed by atoms with Gasteiger partial charge in [0.1, 0.15) is 5.75 Å². The minimum atomic E-state index is 0.382. The van der Waals surface area contributed by atoms with Gasteiger partial charge in [-0.05, 0) is 63.4 Å². The molecule has 116 valence electrons. The molecule has 0 aromatic heterocycles. The van der Waals surface area contributed by atoms with Crippen LogP contribution in [-0.4, -0.2) is 38.2 Å². The van der Waals surface area contributed by atoms with Crippen LogP contribution in [0.15, 0.2) is 18.2 Å². The fraction of sp³-hybridized carbons (Fsp3) is 0.647. The molecule has 3 unspecified atom stereocenters. The lowest BCUT2D eigenvalue weighted by Gasteiger charge is -2.40. The minimum Gasteiger partial charge on any atom is -0.495 e. The number of nitrogens with one attached hydrogen (secondary N) is 1. The summed E-state index contributed by atoms with van der Waals surface area (Å²) in [5.41, 5.74) is 1.28. The summed E-state index contributed by atoms with van der Waals surface area (Å²) in [7, 11) is 6.03. The summed E-state index contributed by atoms with van der Waals surface area (Å²) in [5, 5.41) is 4.21. The zero-order chi connectivity index (χ0) is 15.0. The number of fused-ring (bicyclic) bond motifs is 2. The third-order valence-corrected chi connectivity index (χ3v) is 5.76. The molecular formula is C17H25ClN2O. The van der Waals surface area contributed by atoms with Crippen molar-refractivity contribution in [1.29, 1.82) is 0 Å². The first-order valence-electron chi connectivity index (χ1n) is 7.86. The highest BCUT2D eigenvalue weighted by Gasteiger charge is 2.41. The highest BCUT2D eigenvalue weighted by molar-refractivity contribution is 6.32. The molecule has 3 rings (SSSR count). The van der Waals surface area contributed by atoms with Gasteiger partial charge >= 0.3 is 0 Å². The molecule has 3 nitrogen and oxygen atoms in total. The molecule has 1 aromatic carbocycles. The number of piperidine rings is 1. The van der Waals surface area contributed by atoms with Gasteiger partial charge in [0, 0.05) is 18.1 Å². The van der Waals surface area contributed by atoms with Crippen LogP contribution in [0.1, 0.15) is 37.3 Å². The number of methoxy groups -OCH3 is 1. The molecule has 0 saturated carbocycles. The quantitative estimate of drug-likeness (QED) is 0.921. The van der Waals surface area contributed by atoms with E-state index in [9.17, 15) is 0 Å². The molecule has 2 heterocycles. The number of hydrogen-bond donors (Lipinski definition) is 1. The molecule has 0 spiro atoms. The van der Waals surface area contributed by atoms with Crippen molar-refractivity contribution >= 4 is 11.6 Å². The maximum atomic E-state index is 6.15. The molecule has 2 aliphatic rings. The Morgan fingerprint density at radius 1 is 1.29 bits per heavy atom. The maximum absolute atomic E-state index is 6.15. The molecule has 3 atom stereocenters. The van der Waals surface area contributed by atoms with E-state index in [-0.39, 0.29) is 0 Å². The highest BCUT2D eigenvalue weighted by atomic mass is 35.5. The third-order valence-electron chi connectivity index (χ3n) is 5.45. The van der Waals surface area contributed by atoms with Crippen LogP contribution in [0.25, 0.3) is 0 Å². The van der Waals surface area contributed by atoms with E-state index in [0.717, 1.165) is 17.8 Å². The van der Waals surface area contributed by atoms with Crippen molar-refractivity contribution in [2.24, 2.45) is 5.92 Å². The Balaban J connectivity index is 1.82. The first-order chi connectivity index (χ1) is 10.1. The van der Waals surface area contributed by atoms with Crippen molar-refractivity contribution in [3.05, 3.63) is 28.8 Å². The summed E-state index contributed by atoms with van der Waals surface area (Å²) in [5.74, 6) is 1.46. The molecule has 0 radical (unpaired) electrons. The fourth-order valence-electron chi connectivity index (χ4n) is 4.27. The fourth-order valence-corrected chi connectivity index (χ4v) is 4.46. The molecule has 0 amide bonds. The van der Waals surface area contributed by atoms with Crippen LogP contribution in [0.5, 0.6) is 5.75 Å². The Bertz CT molecular complexity index is 494. The average molecular weight is 309 g/mol. The molecule has 2 fully saturated rings. The van der Waals surface area contributed by atoms with E-state index < -0.39 is 0 Å². The third kappa shape index (κ3) is 2.79. The lowest BCUT2D eigenvalue weighted by Crippen LogP contribution is -2.43. The monoisotopic (exact) mass is 308 g/mol. The molecule has 1 aromatic rings. The number of ether oxygens (including phenoxy) is 1. The number of rotatable bonds is 4. The van der Waals surface area contributed by atoms with Gasteiger partial charge in [-0.25, -0.2) is 0 Å². The molecule has 21 heavy (non-hydrogen) atoms. The van der Waals surface area contributed by atoms with Gasteiger partial charge in [-0.3, -0.25) is 0 Å². The predicted octanol–water partition coefficient (Wildman–Crippen LogP) is 3.48. The van der Waals surface area contributed by atoms with Crippen molar-refractivity contribution in [3.63, 3.8) is 0 Å². The van der Waals surface area contributed by atoms with Crippen molar-refractivity contribution in [1.82, 2.24) is 10.2 Å². The summed E-state index contributed by atoms with van der Waals surface area (Å²) in [4.78, 5) is 2.59. The van der Waals surface area contributed by atoms with Crippen LogP contribution in [0.4, 0.5) is 0 Å². The second kappa shape index (κ2) is 6.15. The smallest absolute Gasteiger partial charge is 0.137 e. The SMILES string of the molecule is CNC(c1ccc(Cl)c(OC)c1)C1CC2CCC(C1)N2C. The van der Waals surface area contributed by atoms with Crippen molar-refractivity contribution < 1.29 is 4.74 Å². The van der Waals surface area contributed by atoms with E-state index in [1.165, 1.54) is 31.2 Å². The van der Waals surface area contributed by atoms with Gasteiger partial charge in [-0.2, -0.15) is 0 Å². The number of hydrogen-bond acceptors (Lipinski definition) is 3. The first kappa shape index (κ1) is 15.1. The van der Waals surface area contributed by atoms with Gasteiger partial charge in [0.2, 0.25) is 0 Å². The lowest BCUT2D eigenvalue weighted by molar-refractivity contribution is 0.114. The van der Waals surface area contributed by atoms with E-state index in [0.29, 0.717) is 17.0 Å². The van der Waals surface area contributed by atoms with Crippen LogP contribution in [0.3, 0.4) is 0 Å². The van der Waals surface area contributed by atoms with Gasteiger partial charge in [0.15, 0.2) is 0 Å². The number of halogens is 1. The average Bonchev–Trinajstić information content (AvgIpc) is 2.72. The molecular weight excluding hydrogens is 284 g/mol. The normalized spacial score (nSPS) is 30.4. The number of benzene rings is 1. The molecule has 2 aliphatic heterocycles. The highest BCUT2D eigenvalue weighted by Crippen LogP contribution is 2.43. The summed E-state index contributed by atoms with van der Waals surface area (Å²) in [6.45, 7) is 0. The van der Waals surface area contributed by atoms with Gasteiger partial charge in [0.05, 0.1) is 12.1 Å². The lowest BCUT2D eigenvalue weighted by atomic mass is 9.82. The van der Waals surface area contributed by atoms with Crippen LogP contribution < -0.4 is 10.1 Å². The van der Waals surface area contributed by atoms with Crippen LogP contribution in [-0.2, 0) is 0 Å². The summed E-state index contributed by atoms with van der Waals surface area (Å²) < 4.78 is 5.37. The summed E-state index contributed by atoms with van der Waals surface area (Å²) in [6, 6.07) is 8.07. The summed E-state index contributed by atoms with van der Waals surface area (Å²) in [6.07, 6.45) is 5.28. The zero-order valence-electron chi connectivity index (χ0n) is 13.1. The van der Waals surface area contributed by atoms with Crippen molar-refractivity contribution in [2.45, 2.75) is 43.8 Å². The van der Waals surface area contributed by atoms with Gasteiger partial charge < -0.3 is 15.0 Å². The van der Waals surface area contributed by atoms with Gasteiger partial charge in [-0.15, -0.1) is 0 Å². The van der Waals surface area contributed by atoms with Gasteiger partial charge in [-0.1, -0.05) is 17.7 Å². The van der Waals surface area contributed by atoms with E-state index in [1.54, 1.807) is 7.11 Å². The molecule has 2 bridgehead atoms. The Labute approximate surface area is 132 Å². The van der Waals surface area contributed by atoms with E-state index in [1.807, 2.05) is 6.07 Å². The van der Waals surface area contributed by atoms with E-state index >= 15 is 0 Å². The Morgan fingerprint density at radius 2 is 1.95 bits per heavy atom. The Hall–Kier alpha value is -0.770. The summed E-state index contributed by atoms with van der Waals surface area (Å²) >= 11 is 6.15. The molecule has 1 N–H and O–H groups in total. The van der Waals surface area contributed by atoms with Gasteiger partial charge in [0.25, 0.3) is 0 Å². The zero-order valence-corrected chi connectivity index (χ0v) is 13.9. The van der Waals surface area contributed by atoms with Crippen LogP contribution in [0.2, 0.25) is 5.02 Å². The standard InChI is InChI=1S/C17H25ClN2O/c1-19-17(11-4-7-15(18)16(10-11)21-3)12-8-13-5-6-14(9-12)20(13)2/h4,7,10,12-14,17,19H,5-6,8-9H2,1-3H3. The van der Waals surface area contributed by atoms with Crippen LogP contribution >= 0.6 is 11.6 Å². The van der Waals surface area contributed by atoms with E-state index in [2.05, 4.69) is 36.4 Å². The largest absolute Gasteiger partial charge is 0.495 e. The second-order valence-corrected chi connectivity index (χ2v) is 6.85. The molecule has 0 aliphatic carbocycles. The minimum absolute atomic E-state index is 0.382. The Morgan fingerprint density at radius 3 is 2.52 bits per heavy atom. The predicted molar refractivity (Wildman–Crippen MR) is 87.1 cm³/mol.